The molecule has 0 aliphatic carbocycles. The van der Waals surface area contributed by atoms with Crippen LogP contribution in [0.4, 0.5) is 0 Å². The summed E-state index contributed by atoms with van der Waals surface area (Å²) in [6.45, 7) is 20.0. The molecule has 1 aromatic rings. The molecular weight excluding hydrogens is 423 g/mol. The third kappa shape index (κ3) is 16.6. The third-order valence-electron chi connectivity index (χ3n) is 4.31. The van der Waals surface area contributed by atoms with Gasteiger partial charge in [0.15, 0.2) is 0 Å². The summed E-state index contributed by atoms with van der Waals surface area (Å²) < 4.78 is 32.0. The Hall–Kier alpha value is -0.0300. The van der Waals surface area contributed by atoms with Gasteiger partial charge in [-0.3, -0.25) is 0 Å². The number of nitrogens with zero attached hydrogens (tertiary/aromatic N) is 2. The van der Waals surface area contributed by atoms with Gasteiger partial charge in [0.1, 0.15) is 0 Å². The van der Waals surface area contributed by atoms with Gasteiger partial charge < -0.3 is 38.6 Å². The summed E-state index contributed by atoms with van der Waals surface area (Å²) >= 11 is 0. The van der Waals surface area contributed by atoms with E-state index in [1.165, 1.54) is 0 Å². The molecule has 1 fully saturated rings. The molecule has 32 heavy (non-hydrogen) atoms. The van der Waals surface area contributed by atoms with Gasteiger partial charge in [0.2, 0.25) is 0 Å². The second kappa shape index (κ2) is 18.3. The molecule has 1 aliphatic rings. The molecule has 8 nitrogen and oxygen atoms in total. The first-order valence-electron chi connectivity index (χ1n) is 11.2. The standard InChI is InChI=1S/C12H24O6.C11H19N2.Na/c1-2-14-5-6-16-9-10-18-12-11-17-8-7-15-4-3-13-1;1-10(2,3)8-7-9(13-12-8)11(4,5)6;/h1-12H2;7H,1-6H3;/q;-1;+1. The summed E-state index contributed by atoms with van der Waals surface area (Å²) in [6, 6.07) is 2.11. The minimum atomic E-state index is 0. The molecule has 2 rings (SSSR count). The first-order chi connectivity index (χ1) is 14.7. The van der Waals surface area contributed by atoms with Gasteiger partial charge in [-0.2, -0.15) is 0 Å². The predicted molar refractivity (Wildman–Crippen MR) is 120 cm³/mol. The number of hydrogen-bond acceptors (Lipinski definition) is 7. The van der Waals surface area contributed by atoms with Crippen molar-refractivity contribution in [2.45, 2.75) is 52.4 Å². The van der Waals surface area contributed by atoms with Crippen molar-refractivity contribution in [3.8, 4) is 0 Å². The summed E-state index contributed by atoms with van der Waals surface area (Å²) in [4.78, 5) is 0. The van der Waals surface area contributed by atoms with Crippen molar-refractivity contribution in [1.82, 2.24) is 10.2 Å². The van der Waals surface area contributed by atoms with Gasteiger partial charge in [0.25, 0.3) is 0 Å². The van der Waals surface area contributed by atoms with Gasteiger partial charge in [-0.1, -0.05) is 47.6 Å². The molecule has 0 bridgehead atoms. The predicted octanol–water partition coefficient (Wildman–Crippen LogP) is -0.263. The van der Waals surface area contributed by atoms with Crippen molar-refractivity contribution >= 4 is 0 Å². The van der Waals surface area contributed by atoms with E-state index in [0.717, 1.165) is 11.4 Å². The first-order valence-corrected chi connectivity index (χ1v) is 11.2. The van der Waals surface area contributed by atoms with E-state index >= 15 is 0 Å². The maximum absolute atomic E-state index is 5.33. The van der Waals surface area contributed by atoms with Crippen molar-refractivity contribution in [3.63, 3.8) is 0 Å². The number of ether oxygens (including phenoxy) is 6. The van der Waals surface area contributed by atoms with Crippen LogP contribution < -0.4 is 34.7 Å². The van der Waals surface area contributed by atoms with Crippen molar-refractivity contribution in [1.29, 1.82) is 0 Å². The Kier molecular flexibility index (Phi) is 18.3. The van der Waals surface area contributed by atoms with E-state index in [9.17, 15) is 0 Å². The normalized spacial score (nSPS) is 18.9. The molecule has 0 amide bonds. The zero-order valence-corrected chi connectivity index (χ0v) is 23.4. The Morgan fingerprint density at radius 3 is 1.00 bits per heavy atom. The minimum absolute atomic E-state index is 0. The summed E-state index contributed by atoms with van der Waals surface area (Å²) in [5.41, 5.74) is 2.38. The molecular formula is C23H43N2NaO6. The molecule has 2 heterocycles. The second-order valence-corrected chi connectivity index (χ2v) is 9.29. The van der Waals surface area contributed by atoms with E-state index in [1.807, 2.05) is 0 Å². The molecule has 1 aliphatic heterocycles. The van der Waals surface area contributed by atoms with Crippen molar-refractivity contribution in [2.75, 3.05) is 79.3 Å². The van der Waals surface area contributed by atoms with E-state index in [1.54, 1.807) is 0 Å². The largest absolute Gasteiger partial charge is 1.00 e. The summed E-state index contributed by atoms with van der Waals surface area (Å²) in [5, 5.41) is 8.41. The summed E-state index contributed by atoms with van der Waals surface area (Å²) in [7, 11) is 0. The summed E-state index contributed by atoms with van der Waals surface area (Å²) in [6.07, 6.45) is 0. The maximum atomic E-state index is 5.33. The SMILES string of the molecule is C1COCCOCCOCCOCCOCCO1.CC(C)(C)c1cc(C(C)(C)C)[n-]n1.[Na+]. The van der Waals surface area contributed by atoms with E-state index in [-0.39, 0.29) is 40.4 Å². The quantitative estimate of drug-likeness (QED) is 0.484. The van der Waals surface area contributed by atoms with E-state index in [2.05, 4.69) is 57.8 Å². The topological polar surface area (TPSA) is 82.4 Å². The van der Waals surface area contributed by atoms with Gasteiger partial charge in [-0.25, -0.2) is 0 Å². The van der Waals surface area contributed by atoms with Crippen LogP contribution in [-0.2, 0) is 39.3 Å². The van der Waals surface area contributed by atoms with E-state index in [4.69, 9.17) is 28.4 Å². The number of aromatic nitrogens is 2. The van der Waals surface area contributed by atoms with E-state index < -0.39 is 0 Å². The van der Waals surface area contributed by atoms with Crippen LogP contribution in [0.15, 0.2) is 6.07 Å². The first kappa shape index (κ1) is 32.0. The molecule has 0 N–H and O–H groups in total. The Balaban J connectivity index is 0.000000611. The van der Waals surface area contributed by atoms with E-state index in [0.29, 0.717) is 79.3 Å². The van der Waals surface area contributed by atoms with Crippen LogP contribution in [0.5, 0.6) is 0 Å². The van der Waals surface area contributed by atoms with Crippen molar-refractivity contribution in [3.05, 3.63) is 17.5 Å². The Labute approximate surface area is 216 Å². The van der Waals surface area contributed by atoms with Crippen LogP contribution in [0.2, 0.25) is 0 Å². The Morgan fingerprint density at radius 1 is 0.562 bits per heavy atom. The van der Waals surface area contributed by atoms with Crippen molar-refractivity contribution in [2.24, 2.45) is 0 Å². The van der Waals surface area contributed by atoms with Gasteiger partial charge in [-0.05, 0) is 5.41 Å². The number of hydrogen-bond donors (Lipinski definition) is 0. The molecule has 182 valence electrons. The fraction of sp³-hybridized carbons (Fsp3) is 0.870. The van der Waals surface area contributed by atoms with Crippen LogP contribution in [0.3, 0.4) is 0 Å². The average molecular weight is 467 g/mol. The molecule has 1 saturated heterocycles. The molecule has 0 aromatic carbocycles. The monoisotopic (exact) mass is 466 g/mol. The molecule has 1 aromatic heterocycles. The fourth-order valence-corrected chi connectivity index (χ4v) is 2.35. The number of rotatable bonds is 0. The van der Waals surface area contributed by atoms with Gasteiger partial charge in [0, 0.05) is 11.1 Å². The maximum Gasteiger partial charge on any atom is 1.00 e. The smallest absolute Gasteiger partial charge is 0.578 e. The molecule has 9 heteroatoms. The molecule has 0 radical (unpaired) electrons. The fourth-order valence-electron chi connectivity index (χ4n) is 2.35. The van der Waals surface area contributed by atoms with Gasteiger partial charge in [-0.15, -0.1) is 5.69 Å². The van der Waals surface area contributed by atoms with Crippen LogP contribution in [-0.4, -0.2) is 84.4 Å². The zero-order valence-electron chi connectivity index (χ0n) is 21.4. The van der Waals surface area contributed by atoms with Gasteiger partial charge in [0.05, 0.1) is 79.3 Å². The van der Waals surface area contributed by atoms with Crippen LogP contribution in [0.1, 0.15) is 52.9 Å². The molecule has 0 spiro atoms. The zero-order chi connectivity index (χ0) is 23.0. The third-order valence-corrected chi connectivity index (χ3v) is 4.31. The van der Waals surface area contributed by atoms with Gasteiger partial charge >= 0.3 is 29.6 Å². The second-order valence-electron chi connectivity index (χ2n) is 9.29. The molecule has 0 unspecified atom stereocenters. The Morgan fingerprint density at radius 2 is 0.844 bits per heavy atom. The molecule has 0 atom stereocenters. The molecule has 0 saturated carbocycles. The van der Waals surface area contributed by atoms with Crippen LogP contribution in [0, 0.1) is 0 Å². The average Bonchev–Trinajstić information content (AvgIpc) is 3.20. The minimum Gasteiger partial charge on any atom is -0.578 e. The van der Waals surface area contributed by atoms with Crippen LogP contribution >= 0.6 is 0 Å². The van der Waals surface area contributed by atoms with Crippen molar-refractivity contribution < 1.29 is 58.0 Å². The Bertz CT molecular complexity index is 454. The summed E-state index contributed by atoms with van der Waals surface area (Å²) in [5.74, 6) is 0. The van der Waals surface area contributed by atoms with Crippen LogP contribution in [0.25, 0.3) is 0 Å².